The summed E-state index contributed by atoms with van der Waals surface area (Å²) in [7, 11) is 0. The summed E-state index contributed by atoms with van der Waals surface area (Å²) in [6, 6.07) is 8.36. The number of hydrogen-bond donors (Lipinski definition) is 1. The summed E-state index contributed by atoms with van der Waals surface area (Å²) in [6.45, 7) is 6.01. The van der Waals surface area contributed by atoms with Crippen LogP contribution in [0, 0.1) is 0 Å². The molecule has 2 aliphatic rings. The molecular formula is C20H30ClN3O2. The Kier molecular flexibility index (Phi) is 7.32. The van der Waals surface area contributed by atoms with Crippen molar-refractivity contribution in [2.75, 3.05) is 45.9 Å². The van der Waals surface area contributed by atoms with E-state index in [9.17, 15) is 9.90 Å². The van der Waals surface area contributed by atoms with Gasteiger partial charge in [-0.15, -0.1) is 0 Å². The smallest absolute Gasteiger partial charge is 0.236 e. The van der Waals surface area contributed by atoms with E-state index in [0.29, 0.717) is 12.6 Å². The second-order valence-corrected chi connectivity index (χ2v) is 7.85. The van der Waals surface area contributed by atoms with Crippen molar-refractivity contribution in [1.29, 1.82) is 0 Å². The molecule has 2 saturated heterocycles. The van der Waals surface area contributed by atoms with Crippen LogP contribution in [0.15, 0.2) is 24.3 Å². The third-order valence-electron chi connectivity index (χ3n) is 5.59. The molecular weight excluding hydrogens is 350 g/mol. The molecule has 2 fully saturated rings. The molecule has 1 aromatic rings. The number of hydrogen-bond acceptors (Lipinski definition) is 4. The van der Waals surface area contributed by atoms with E-state index in [-0.39, 0.29) is 12.5 Å². The monoisotopic (exact) mass is 379 g/mol. The third kappa shape index (κ3) is 5.43. The van der Waals surface area contributed by atoms with E-state index in [2.05, 4.69) is 21.9 Å². The van der Waals surface area contributed by atoms with Gasteiger partial charge in [-0.05, 0) is 43.5 Å². The molecule has 1 N–H and O–H groups in total. The van der Waals surface area contributed by atoms with Gasteiger partial charge in [0.15, 0.2) is 0 Å². The van der Waals surface area contributed by atoms with Gasteiger partial charge in [-0.2, -0.15) is 0 Å². The fourth-order valence-electron chi connectivity index (χ4n) is 4.02. The van der Waals surface area contributed by atoms with Gasteiger partial charge in [0.25, 0.3) is 0 Å². The van der Waals surface area contributed by atoms with E-state index in [1.807, 2.05) is 17.0 Å². The topological polar surface area (TPSA) is 47.0 Å². The zero-order chi connectivity index (χ0) is 18.4. The highest BCUT2D eigenvalue weighted by Crippen LogP contribution is 2.20. The molecule has 1 aromatic carbocycles. The first-order valence-corrected chi connectivity index (χ1v) is 10.1. The number of aliphatic hydroxyl groups excluding tert-OH is 1. The number of benzene rings is 1. The van der Waals surface area contributed by atoms with Gasteiger partial charge in [0.2, 0.25) is 5.91 Å². The van der Waals surface area contributed by atoms with Gasteiger partial charge in [-0.1, -0.05) is 30.2 Å². The molecule has 1 atom stereocenters. The lowest BCUT2D eigenvalue weighted by Gasteiger charge is -2.39. The molecule has 6 heteroatoms. The van der Waals surface area contributed by atoms with Gasteiger partial charge in [-0.3, -0.25) is 14.6 Å². The number of amides is 1. The Morgan fingerprint density at radius 2 is 1.81 bits per heavy atom. The molecule has 2 aliphatic heterocycles. The molecule has 0 bridgehead atoms. The quantitative estimate of drug-likeness (QED) is 0.823. The SMILES string of the molecule is O=C(CN1CCCCC1CCO)N1CCN(Cc2ccc(Cl)cc2)CC1. The molecule has 0 spiro atoms. The number of piperazine rings is 1. The highest BCUT2D eigenvalue weighted by atomic mass is 35.5. The molecule has 144 valence electrons. The van der Waals surface area contributed by atoms with Crippen molar-refractivity contribution in [1.82, 2.24) is 14.7 Å². The first kappa shape index (κ1) is 19.6. The number of likely N-dealkylation sites (tertiary alicyclic amines) is 1. The van der Waals surface area contributed by atoms with Crippen LogP contribution >= 0.6 is 11.6 Å². The zero-order valence-electron chi connectivity index (χ0n) is 15.4. The number of carbonyl (C=O) groups excluding carboxylic acids is 1. The van der Waals surface area contributed by atoms with Gasteiger partial charge in [0.05, 0.1) is 6.54 Å². The first-order chi connectivity index (χ1) is 12.7. The lowest BCUT2D eigenvalue weighted by Crippen LogP contribution is -2.52. The van der Waals surface area contributed by atoms with Crippen molar-refractivity contribution in [3.63, 3.8) is 0 Å². The van der Waals surface area contributed by atoms with Crippen molar-refractivity contribution in [2.24, 2.45) is 0 Å². The predicted octanol–water partition coefficient (Wildman–Crippen LogP) is 2.22. The average Bonchev–Trinajstić information content (AvgIpc) is 2.66. The second kappa shape index (κ2) is 9.70. The molecule has 1 unspecified atom stereocenters. The van der Waals surface area contributed by atoms with E-state index in [0.717, 1.165) is 63.6 Å². The maximum atomic E-state index is 12.7. The number of aliphatic hydroxyl groups is 1. The number of rotatable bonds is 6. The Balaban J connectivity index is 1.45. The average molecular weight is 380 g/mol. The molecule has 0 aliphatic carbocycles. The molecule has 0 saturated carbocycles. The molecule has 0 aromatic heterocycles. The van der Waals surface area contributed by atoms with Crippen LogP contribution in [0.1, 0.15) is 31.2 Å². The van der Waals surface area contributed by atoms with E-state index in [1.165, 1.54) is 12.0 Å². The van der Waals surface area contributed by atoms with Gasteiger partial charge >= 0.3 is 0 Å². The fourth-order valence-corrected chi connectivity index (χ4v) is 4.15. The van der Waals surface area contributed by atoms with Gasteiger partial charge < -0.3 is 10.0 Å². The zero-order valence-corrected chi connectivity index (χ0v) is 16.2. The number of nitrogens with zero attached hydrogens (tertiary/aromatic N) is 3. The summed E-state index contributed by atoms with van der Waals surface area (Å²) in [6.07, 6.45) is 4.24. The van der Waals surface area contributed by atoms with E-state index in [4.69, 9.17) is 11.6 Å². The van der Waals surface area contributed by atoms with Crippen LogP contribution in [0.25, 0.3) is 0 Å². The molecule has 5 nitrogen and oxygen atoms in total. The van der Waals surface area contributed by atoms with E-state index >= 15 is 0 Å². The Hall–Kier alpha value is -1.14. The summed E-state index contributed by atoms with van der Waals surface area (Å²) in [5.74, 6) is 0.237. The van der Waals surface area contributed by atoms with Crippen molar-refractivity contribution < 1.29 is 9.90 Å². The second-order valence-electron chi connectivity index (χ2n) is 7.42. The van der Waals surface area contributed by atoms with Gasteiger partial charge in [0.1, 0.15) is 0 Å². The summed E-state index contributed by atoms with van der Waals surface area (Å²) < 4.78 is 0. The van der Waals surface area contributed by atoms with E-state index in [1.54, 1.807) is 0 Å². The maximum absolute atomic E-state index is 12.7. The normalized spacial score (nSPS) is 22.5. The van der Waals surface area contributed by atoms with Crippen LogP contribution in [-0.2, 0) is 11.3 Å². The number of halogens is 1. The van der Waals surface area contributed by atoms with Crippen LogP contribution in [-0.4, -0.2) is 77.6 Å². The Morgan fingerprint density at radius 3 is 2.50 bits per heavy atom. The molecule has 26 heavy (non-hydrogen) atoms. The minimum absolute atomic E-state index is 0.207. The lowest BCUT2D eigenvalue weighted by molar-refractivity contribution is -0.135. The van der Waals surface area contributed by atoms with Crippen molar-refractivity contribution in [3.05, 3.63) is 34.9 Å². The standard InChI is InChI=1S/C20H30ClN3O2/c21-18-6-4-17(5-7-18)15-22-10-12-23(13-11-22)20(26)16-24-9-2-1-3-19(24)8-14-25/h4-7,19,25H,1-3,8-16H2. The number of piperidine rings is 1. The van der Waals surface area contributed by atoms with E-state index < -0.39 is 0 Å². The molecule has 3 rings (SSSR count). The van der Waals surface area contributed by atoms with Gasteiger partial charge in [-0.25, -0.2) is 0 Å². The lowest BCUT2D eigenvalue weighted by atomic mass is 9.99. The minimum atomic E-state index is 0.207. The largest absolute Gasteiger partial charge is 0.396 e. The summed E-state index contributed by atoms with van der Waals surface area (Å²) in [5, 5.41) is 10.0. The Bertz CT molecular complexity index is 571. The number of carbonyl (C=O) groups is 1. The summed E-state index contributed by atoms with van der Waals surface area (Å²) in [4.78, 5) is 19.4. The van der Waals surface area contributed by atoms with Crippen molar-refractivity contribution in [2.45, 2.75) is 38.3 Å². The fraction of sp³-hybridized carbons (Fsp3) is 0.650. The van der Waals surface area contributed by atoms with Crippen LogP contribution in [0.3, 0.4) is 0 Å². The summed E-state index contributed by atoms with van der Waals surface area (Å²) in [5.41, 5.74) is 1.26. The molecule has 2 heterocycles. The van der Waals surface area contributed by atoms with Crippen LogP contribution in [0.5, 0.6) is 0 Å². The Morgan fingerprint density at radius 1 is 1.08 bits per heavy atom. The van der Waals surface area contributed by atoms with Crippen LogP contribution in [0.4, 0.5) is 0 Å². The summed E-state index contributed by atoms with van der Waals surface area (Å²) >= 11 is 5.94. The van der Waals surface area contributed by atoms with Crippen molar-refractivity contribution >= 4 is 17.5 Å². The predicted molar refractivity (Wildman–Crippen MR) is 104 cm³/mol. The third-order valence-corrected chi connectivity index (χ3v) is 5.85. The highest BCUT2D eigenvalue weighted by molar-refractivity contribution is 6.30. The van der Waals surface area contributed by atoms with Crippen molar-refractivity contribution in [3.8, 4) is 0 Å². The van der Waals surface area contributed by atoms with Crippen LogP contribution < -0.4 is 0 Å². The molecule has 0 radical (unpaired) electrons. The molecule has 1 amide bonds. The first-order valence-electron chi connectivity index (χ1n) is 9.75. The van der Waals surface area contributed by atoms with Gasteiger partial charge in [0, 0.05) is 50.4 Å². The minimum Gasteiger partial charge on any atom is -0.396 e. The maximum Gasteiger partial charge on any atom is 0.236 e. The Labute approximate surface area is 161 Å². The highest BCUT2D eigenvalue weighted by Gasteiger charge is 2.27. The van der Waals surface area contributed by atoms with Crippen LogP contribution in [0.2, 0.25) is 5.02 Å².